The van der Waals surface area contributed by atoms with E-state index in [1.54, 1.807) is 0 Å². The van der Waals surface area contributed by atoms with Crippen LogP contribution in [-0.2, 0) is 0 Å². The molecule has 0 saturated heterocycles. The third-order valence-corrected chi connectivity index (χ3v) is 11.1. The molecule has 0 unspecified atom stereocenters. The van der Waals surface area contributed by atoms with E-state index >= 15 is 0 Å². The zero-order valence-electron chi connectivity index (χ0n) is 22.9. The van der Waals surface area contributed by atoms with Gasteiger partial charge in [0.25, 0.3) is 0 Å². The lowest BCUT2D eigenvalue weighted by atomic mass is 9.94. The average Bonchev–Trinajstić information content (AvgIpc) is 3.03. The van der Waals surface area contributed by atoms with Gasteiger partial charge in [0.15, 0.2) is 0 Å². The SMILES string of the molecule is Cc1ccc(Sc2ccc3ccccc3c2-c2c(P(c3ccccc3)c3ccccc3)ccc3ccccc23)cc1. The lowest BCUT2D eigenvalue weighted by molar-refractivity contribution is 1.37. The molecule has 0 aliphatic rings. The number of rotatable bonds is 6. The first-order valence-corrected chi connectivity index (χ1v) is 16.1. The van der Waals surface area contributed by atoms with Crippen LogP contribution in [-0.4, -0.2) is 0 Å². The van der Waals surface area contributed by atoms with Crippen molar-refractivity contribution in [1.29, 1.82) is 0 Å². The maximum atomic E-state index is 2.39. The Morgan fingerprint density at radius 1 is 0.439 bits per heavy atom. The fourth-order valence-electron chi connectivity index (χ4n) is 5.62. The second-order valence-electron chi connectivity index (χ2n) is 10.3. The number of aryl methyl sites for hydroxylation is 1. The van der Waals surface area contributed by atoms with Gasteiger partial charge in [-0.2, -0.15) is 0 Å². The molecule has 0 N–H and O–H groups in total. The van der Waals surface area contributed by atoms with Crippen molar-refractivity contribution in [2.45, 2.75) is 16.7 Å². The monoisotopic (exact) mass is 560 g/mol. The number of hydrogen-bond donors (Lipinski definition) is 0. The van der Waals surface area contributed by atoms with Crippen LogP contribution >= 0.6 is 19.7 Å². The molecular formula is C39H29PS. The van der Waals surface area contributed by atoms with Crippen molar-refractivity contribution in [2.24, 2.45) is 0 Å². The van der Waals surface area contributed by atoms with Crippen LogP contribution in [0.25, 0.3) is 32.7 Å². The van der Waals surface area contributed by atoms with Gasteiger partial charge in [0.1, 0.15) is 0 Å². The molecule has 0 amide bonds. The van der Waals surface area contributed by atoms with E-state index in [2.05, 4.69) is 165 Å². The maximum Gasteiger partial charge on any atom is 0.0207 e. The molecule has 2 heteroatoms. The largest absolute Gasteiger partial charge is 0.0894 e. The molecule has 0 fully saturated rings. The Labute approximate surface area is 247 Å². The molecule has 196 valence electrons. The average molecular weight is 561 g/mol. The Kier molecular flexibility index (Phi) is 7.15. The minimum absolute atomic E-state index is 0.804. The predicted octanol–water partition coefficient (Wildman–Crippen LogP) is 9.88. The van der Waals surface area contributed by atoms with Gasteiger partial charge in [-0.25, -0.2) is 0 Å². The molecule has 7 aromatic carbocycles. The first-order chi connectivity index (χ1) is 20.3. The highest BCUT2D eigenvalue weighted by atomic mass is 32.2. The van der Waals surface area contributed by atoms with Crippen molar-refractivity contribution >= 4 is 57.1 Å². The third kappa shape index (κ3) is 5.08. The lowest BCUT2D eigenvalue weighted by Crippen LogP contribution is -2.22. The molecule has 0 aromatic heterocycles. The Balaban J connectivity index is 1.58. The lowest BCUT2D eigenvalue weighted by Gasteiger charge is -2.25. The maximum absolute atomic E-state index is 2.39. The zero-order chi connectivity index (χ0) is 27.6. The van der Waals surface area contributed by atoms with Crippen LogP contribution in [0.1, 0.15) is 5.56 Å². The summed E-state index contributed by atoms with van der Waals surface area (Å²) in [7, 11) is -0.804. The number of fused-ring (bicyclic) bond motifs is 2. The van der Waals surface area contributed by atoms with Gasteiger partial charge in [-0.3, -0.25) is 0 Å². The summed E-state index contributed by atoms with van der Waals surface area (Å²) in [5.74, 6) is 0. The Morgan fingerprint density at radius 3 is 1.56 bits per heavy atom. The summed E-state index contributed by atoms with van der Waals surface area (Å²) in [6, 6.07) is 58.0. The number of hydrogen-bond acceptors (Lipinski definition) is 1. The molecule has 41 heavy (non-hydrogen) atoms. The third-order valence-electron chi connectivity index (χ3n) is 7.57. The van der Waals surface area contributed by atoms with E-state index in [1.807, 2.05) is 11.8 Å². The van der Waals surface area contributed by atoms with E-state index in [1.165, 1.54) is 63.9 Å². The molecule has 0 aliphatic carbocycles. The van der Waals surface area contributed by atoms with Crippen LogP contribution in [0.15, 0.2) is 168 Å². The van der Waals surface area contributed by atoms with Crippen LogP contribution < -0.4 is 15.9 Å². The second kappa shape index (κ2) is 11.4. The van der Waals surface area contributed by atoms with Gasteiger partial charge in [-0.15, -0.1) is 0 Å². The Hall–Kier alpha value is -4.16. The summed E-state index contributed by atoms with van der Waals surface area (Å²) >= 11 is 1.86. The summed E-state index contributed by atoms with van der Waals surface area (Å²) in [4.78, 5) is 2.53. The summed E-state index contributed by atoms with van der Waals surface area (Å²) in [5, 5.41) is 9.22. The predicted molar refractivity (Wildman–Crippen MR) is 181 cm³/mol. The smallest absolute Gasteiger partial charge is 0.0207 e. The molecule has 0 aliphatic heterocycles. The summed E-state index contributed by atoms with van der Waals surface area (Å²) in [6.07, 6.45) is 0. The topological polar surface area (TPSA) is 0 Å². The van der Waals surface area contributed by atoms with E-state index < -0.39 is 7.92 Å². The van der Waals surface area contributed by atoms with Crippen molar-refractivity contribution in [1.82, 2.24) is 0 Å². The van der Waals surface area contributed by atoms with Gasteiger partial charge >= 0.3 is 0 Å². The highest BCUT2D eigenvalue weighted by Crippen LogP contribution is 2.46. The van der Waals surface area contributed by atoms with Gasteiger partial charge in [0.2, 0.25) is 0 Å². The van der Waals surface area contributed by atoms with Gasteiger partial charge in [-0.1, -0.05) is 157 Å². The minimum atomic E-state index is -0.804. The standard InChI is InChI=1S/C39H29PS/c1-28-20-24-33(25-21-28)41-37-27-23-30-13-9-11-19-35(30)39(37)38-34-18-10-8-12-29(34)22-26-36(38)40(31-14-4-2-5-15-31)32-16-6-3-7-17-32/h2-27H,1H3. The van der Waals surface area contributed by atoms with Gasteiger partial charge in [0, 0.05) is 15.4 Å². The molecular weight excluding hydrogens is 531 g/mol. The molecule has 0 radical (unpaired) electrons. The summed E-state index contributed by atoms with van der Waals surface area (Å²) < 4.78 is 0. The Bertz CT molecular complexity index is 1920. The molecule has 0 saturated carbocycles. The Morgan fingerprint density at radius 2 is 0.951 bits per heavy atom. The van der Waals surface area contributed by atoms with Crippen molar-refractivity contribution in [3.05, 3.63) is 163 Å². The van der Waals surface area contributed by atoms with Crippen molar-refractivity contribution in [3.63, 3.8) is 0 Å². The van der Waals surface area contributed by atoms with Crippen molar-refractivity contribution < 1.29 is 0 Å². The molecule has 0 heterocycles. The fourth-order valence-corrected chi connectivity index (χ4v) is 9.07. The van der Waals surface area contributed by atoms with E-state index in [0.717, 1.165) is 0 Å². The normalized spacial score (nSPS) is 11.4. The minimum Gasteiger partial charge on any atom is -0.0894 e. The molecule has 0 spiro atoms. The first kappa shape index (κ1) is 25.8. The first-order valence-electron chi connectivity index (χ1n) is 13.9. The van der Waals surface area contributed by atoms with Gasteiger partial charge < -0.3 is 0 Å². The molecule has 0 bridgehead atoms. The molecule has 0 atom stereocenters. The fraction of sp³-hybridized carbons (Fsp3) is 0.0256. The molecule has 7 rings (SSSR count). The van der Waals surface area contributed by atoms with E-state index in [4.69, 9.17) is 0 Å². The van der Waals surface area contributed by atoms with Gasteiger partial charge in [-0.05, 0) is 76.1 Å². The zero-order valence-corrected chi connectivity index (χ0v) is 24.6. The van der Waals surface area contributed by atoms with Crippen LogP contribution in [0.3, 0.4) is 0 Å². The van der Waals surface area contributed by atoms with E-state index in [0.29, 0.717) is 0 Å². The summed E-state index contributed by atoms with van der Waals surface area (Å²) in [5.41, 5.74) is 3.94. The highest BCUT2D eigenvalue weighted by Gasteiger charge is 2.24. The molecule has 0 nitrogen and oxygen atoms in total. The highest BCUT2D eigenvalue weighted by molar-refractivity contribution is 7.99. The van der Waals surface area contributed by atoms with E-state index in [-0.39, 0.29) is 0 Å². The van der Waals surface area contributed by atoms with E-state index in [9.17, 15) is 0 Å². The number of benzene rings is 7. The second-order valence-corrected chi connectivity index (χ2v) is 13.6. The molecule has 7 aromatic rings. The van der Waals surface area contributed by atoms with Crippen molar-refractivity contribution in [2.75, 3.05) is 0 Å². The summed E-state index contributed by atoms with van der Waals surface area (Å²) in [6.45, 7) is 2.15. The quantitative estimate of drug-likeness (QED) is 0.182. The van der Waals surface area contributed by atoms with Gasteiger partial charge in [0.05, 0.1) is 0 Å². The van der Waals surface area contributed by atoms with Crippen molar-refractivity contribution in [3.8, 4) is 11.1 Å². The van der Waals surface area contributed by atoms with Crippen LogP contribution in [0.5, 0.6) is 0 Å². The van der Waals surface area contributed by atoms with Crippen LogP contribution in [0.2, 0.25) is 0 Å². The van der Waals surface area contributed by atoms with Crippen LogP contribution in [0, 0.1) is 6.92 Å². The van der Waals surface area contributed by atoms with Crippen LogP contribution in [0.4, 0.5) is 0 Å².